The lowest BCUT2D eigenvalue weighted by atomic mass is 9.89. The number of carbonyl (C=O) groups is 1. The zero-order valence-electron chi connectivity index (χ0n) is 18.6. The average Bonchev–Trinajstić information content (AvgIpc) is 3.54. The minimum atomic E-state index is -3.46. The van der Waals surface area contributed by atoms with Gasteiger partial charge in [-0.2, -0.15) is 0 Å². The van der Waals surface area contributed by atoms with Crippen LogP contribution in [0.25, 0.3) is 11.1 Å². The molecule has 2 aromatic heterocycles. The third-order valence-electron chi connectivity index (χ3n) is 5.46. The molecule has 0 unspecified atom stereocenters. The van der Waals surface area contributed by atoms with Crippen LogP contribution in [-0.4, -0.2) is 36.7 Å². The van der Waals surface area contributed by atoms with Crippen LogP contribution in [0.4, 0.5) is 15.2 Å². The van der Waals surface area contributed by atoms with Gasteiger partial charge in [0.15, 0.2) is 5.13 Å². The van der Waals surface area contributed by atoms with Crippen LogP contribution in [0.5, 0.6) is 5.75 Å². The number of nitrogens with one attached hydrogen (secondary N) is 2. The van der Waals surface area contributed by atoms with Crippen LogP contribution >= 0.6 is 22.9 Å². The fraction of sp³-hybridized carbons (Fsp3) is 0.318. The third-order valence-corrected chi connectivity index (χ3v) is 8.38. The van der Waals surface area contributed by atoms with E-state index in [1.54, 1.807) is 25.3 Å². The highest BCUT2D eigenvalue weighted by Gasteiger charge is 2.37. The molecule has 0 aliphatic heterocycles. The quantitative estimate of drug-likeness (QED) is 0.437. The standard InChI is InChI=1S/C22H22ClFN4O4S2/c1-22(2,19-11-33-21(27-19)28-34(30,31)14-4-5-14)20(29)26-17-8-16(24)15(7-18(17)32-3)12-6-13(23)10-25-9-12/h6-11,14H,4-5H2,1-3H3,(H,26,29)(H,27,28). The van der Waals surface area contributed by atoms with Gasteiger partial charge in [0, 0.05) is 35.0 Å². The summed E-state index contributed by atoms with van der Waals surface area (Å²) in [5.41, 5.74) is 0.0594. The van der Waals surface area contributed by atoms with E-state index in [1.807, 2.05) is 0 Å². The van der Waals surface area contributed by atoms with Crippen molar-refractivity contribution in [3.63, 3.8) is 0 Å². The van der Waals surface area contributed by atoms with E-state index in [1.165, 1.54) is 31.6 Å². The second kappa shape index (κ2) is 9.12. The average molecular weight is 525 g/mol. The molecule has 4 rings (SSSR count). The summed E-state index contributed by atoms with van der Waals surface area (Å²) in [6.07, 6.45) is 4.18. The summed E-state index contributed by atoms with van der Waals surface area (Å²) in [5, 5.41) is 4.49. The Morgan fingerprint density at radius 3 is 2.65 bits per heavy atom. The predicted octanol–water partition coefficient (Wildman–Crippen LogP) is 4.83. The van der Waals surface area contributed by atoms with Crippen molar-refractivity contribution in [1.82, 2.24) is 9.97 Å². The normalized spacial score (nSPS) is 14.0. The molecule has 34 heavy (non-hydrogen) atoms. The topological polar surface area (TPSA) is 110 Å². The summed E-state index contributed by atoms with van der Waals surface area (Å²) >= 11 is 7.07. The molecule has 180 valence electrons. The Labute approximate surface area is 205 Å². The monoisotopic (exact) mass is 524 g/mol. The predicted molar refractivity (Wildman–Crippen MR) is 131 cm³/mol. The minimum Gasteiger partial charge on any atom is -0.495 e. The number of nitrogens with zero attached hydrogens (tertiary/aromatic N) is 2. The number of hydrogen-bond donors (Lipinski definition) is 2. The number of anilines is 2. The van der Waals surface area contributed by atoms with Crippen molar-refractivity contribution in [3.05, 3.63) is 52.5 Å². The lowest BCUT2D eigenvalue weighted by Crippen LogP contribution is -2.35. The third kappa shape index (κ3) is 5.01. The molecule has 1 aliphatic carbocycles. The molecule has 2 N–H and O–H groups in total. The van der Waals surface area contributed by atoms with Crippen LogP contribution < -0.4 is 14.8 Å². The molecule has 2 heterocycles. The fourth-order valence-corrected chi connectivity index (χ4v) is 5.84. The molecule has 1 saturated carbocycles. The van der Waals surface area contributed by atoms with E-state index in [0.29, 0.717) is 29.1 Å². The lowest BCUT2D eigenvalue weighted by molar-refractivity contribution is -0.120. The first kappa shape index (κ1) is 24.4. The van der Waals surface area contributed by atoms with E-state index in [2.05, 4.69) is 20.0 Å². The number of ether oxygens (including phenoxy) is 1. The molecule has 0 spiro atoms. The molecule has 1 aliphatic rings. The number of pyridine rings is 1. The molecule has 0 radical (unpaired) electrons. The summed E-state index contributed by atoms with van der Waals surface area (Å²) in [6.45, 7) is 3.29. The van der Waals surface area contributed by atoms with Gasteiger partial charge in [-0.15, -0.1) is 11.3 Å². The van der Waals surface area contributed by atoms with Crippen molar-refractivity contribution in [2.45, 2.75) is 37.4 Å². The Morgan fingerprint density at radius 1 is 1.26 bits per heavy atom. The molecule has 1 fully saturated rings. The van der Waals surface area contributed by atoms with Gasteiger partial charge in [0.1, 0.15) is 11.6 Å². The highest BCUT2D eigenvalue weighted by molar-refractivity contribution is 7.93. The van der Waals surface area contributed by atoms with Gasteiger partial charge in [-0.05, 0) is 38.8 Å². The van der Waals surface area contributed by atoms with Crippen molar-refractivity contribution >= 4 is 49.7 Å². The number of benzene rings is 1. The van der Waals surface area contributed by atoms with Crippen molar-refractivity contribution in [2.24, 2.45) is 0 Å². The van der Waals surface area contributed by atoms with Crippen molar-refractivity contribution in [3.8, 4) is 16.9 Å². The van der Waals surface area contributed by atoms with Crippen LogP contribution in [0, 0.1) is 5.82 Å². The fourth-order valence-electron chi connectivity index (χ4n) is 3.19. The molecule has 0 saturated heterocycles. The Balaban J connectivity index is 1.56. The van der Waals surface area contributed by atoms with Crippen LogP contribution in [0.15, 0.2) is 36.0 Å². The van der Waals surface area contributed by atoms with Crippen LogP contribution in [0.2, 0.25) is 5.02 Å². The number of thiazole rings is 1. The van der Waals surface area contributed by atoms with Crippen LogP contribution in [0.1, 0.15) is 32.4 Å². The summed E-state index contributed by atoms with van der Waals surface area (Å²) in [4.78, 5) is 21.4. The Bertz CT molecular complexity index is 1360. The number of methoxy groups -OCH3 is 1. The number of aromatic nitrogens is 2. The number of carbonyl (C=O) groups excluding carboxylic acids is 1. The maximum Gasteiger partial charge on any atom is 0.237 e. The summed E-state index contributed by atoms with van der Waals surface area (Å²) in [6, 6.07) is 4.20. The summed E-state index contributed by atoms with van der Waals surface area (Å²) < 4.78 is 47.1. The minimum absolute atomic E-state index is 0.140. The number of halogens is 2. The highest BCUT2D eigenvalue weighted by Crippen LogP contribution is 2.36. The second-order valence-corrected chi connectivity index (χ2v) is 11.6. The molecule has 8 nitrogen and oxygen atoms in total. The maximum atomic E-state index is 14.9. The molecular formula is C22H22ClFN4O4S2. The Morgan fingerprint density at radius 2 is 2.00 bits per heavy atom. The number of hydrogen-bond acceptors (Lipinski definition) is 7. The van der Waals surface area contributed by atoms with Gasteiger partial charge in [0.05, 0.1) is 34.2 Å². The second-order valence-electron chi connectivity index (χ2n) is 8.39. The van der Waals surface area contributed by atoms with E-state index in [9.17, 15) is 17.6 Å². The van der Waals surface area contributed by atoms with Gasteiger partial charge >= 0.3 is 0 Å². The molecule has 0 atom stereocenters. The summed E-state index contributed by atoms with van der Waals surface area (Å²) in [7, 11) is -2.05. The molecule has 3 aromatic rings. The molecular weight excluding hydrogens is 503 g/mol. The zero-order chi connectivity index (χ0) is 24.7. The summed E-state index contributed by atoms with van der Waals surface area (Å²) in [5.74, 6) is -0.815. The van der Waals surface area contributed by atoms with Gasteiger partial charge in [-0.3, -0.25) is 14.5 Å². The van der Waals surface area contributed by atoms with Crippen molar-refractivity contribution in [2.75, 3.05) is 17.1 Å². The largest absolute Gasteiger partial charge is 0.495 e. The first-order valence-corrected chi connectivity index (χ1v) is 13.1. The molecule has 1 amide bonds. The van der Waals surface area contributed by atoms with Gasteiger partial charge in [0.2, 0.25) is 15.9 Å². The van der Waals surface area contributed by atoms with Gasteiger partial charge in [0.25, 0.3) is 0 Å². The van der Waals surface area contributed by atoms with Gasteiger partial charge < -0.3 is 10.1 Å². The molecule has 1 aromatic carbocycles. The highest BCUT2D eigenvalue weighted by atomic mass is 35.5. The number of rotatable bonds is 8. The smallest absolute Gasteiger partial charge is 0.237 e. The number of sulfonamides is 1. The first-order valence-electron chi connectivity index (χ1n) is 10.3. The molecule has 12 heteroatoms. The Kier molecular flexibility index (Phi) is 6.54. The van der Waals surface area contributed by atoms with Crippen molar-refractivity contribution < 1.29 is 22.3 Å². The SMILES string of the molecule is COc1cc(-c2cncc(Cl)c2)c(F)cc1NC(=O)C(C)(C)c1csc(NS(=O)(=O)C2CC2)n1. The van der Waals surface area contributed by atoms with Crippen LogP contribution in [-0.2, 0) is 20.2 Å². The first-order chi connectivity index (χ1) is 16.0. The zero-order valence-corrected chi connectivity index (χ0v) is 20.9. The van der Waals surface area contributed by atoms with E-state index in [0.717, 1.165) is 11.3 Å². The maximum absolute atomic E-state index is 14.9. The van der Waals surface area contributed by atoms with E-state index < -0.39 is 27.2 Å². The number of amides is 1. The van der Waals surface area contributed by atoms with Crippen molar-refractivity contribution in [1.29, 1.82) is 0 Å². The van der Waals surface area contributed by atoms with E-state index in [-0.39, 0.29) is 27.4 Å². The van der Waals surface area contributed by atoms with E-state index in [4.69, 9.17) is 16.3 Å². The lowest BCUT2D eigenvalue weighted by Gasteiger charge is -2.22. The van der Waals surface area contributed by atoms with Crippen LogP contribution in [0.3, 0.4) is 0 Å². The Hall–Kier alpha value is -2.76. The van der Waals surface area contributed by atoms with E-state index >= 15 is 0 Å². The molecule has 0 bridgehead atoms. The van der Waals surface area contributed by atoms with Gasteiger partial charge in [-0.25, -0.2) is 17.8 Å². The van der Waals surface area contributed by atoms with Gasteiger partial charge in [-0.1, -0.05) is 11.6 Å².